The normalized spacial score (nSPS) is 12.6. The van der Waals surface area contributed by atoms with Crippen molar-refractivity contribution in [3.8, 4) is 0 Å². The minimum absolute atomic E-state index is 0.179. The molecule has 1 heterocycles. The van der Waals surface area contributed by atoms with Crippen molar-refractivity contribution in [1.29, 1.82) is 0 Å². The molecule has 0 saturated carbocycles. The molecule has 1 aromatic rings. The Balaban J connectivity index is 1.95. The number of aromatic nitrogens is 2. The lowest BCUT2D eigenvalue weighted by molar-refractivity contribution is -0.759. The number of rotatable bonds is 19. The Morgan fingerprint density at radius 3 is 1.45 bits per heavy atom. The van der Waals surface area contributed by atoms with Crippen molar-refractivity contribution < 1.29 is 4.57 Å². The summed E-state index contributed by atoms with van der Waals surface area (Å²) < 4.78 is 4.79. The van der Waals surface area contributed by atoms with E-state index in [2.05, 4.69) is 69.4 Å². The van der Waals surface area contributed by atoms with Gasteiger partial charge in [-0.15, -0.1) is 0 Å². The van der Waals surface area contributed by atoms with Gasteiger partial charge in [0.15, 0.2) is 0 Å². The fraction of sp³-hybridized carbons (Fsp3) is 0.897. The summed E-state index contributed by atoms with van der Waals surface area (Å²) >= 11 is 0. The molecule has 0 aliphatic heterocycles. The SMILES string of the molecule is CCCCCCCCCCCCCCCCCCn1cc[n+](C(C)(C)CC(C)(C)C)c1. The van der Waals surface area contributed by atoms with Gasteiger partial charge in [0.2, 0.25) is 6.33 Å². The highest BCUT2D eigenvalue weighted by Crippen LogP contribution is 2.28. The van der Waals surface area contributed by atoms with Crippen LogP contribution in [0.3, 0.4) is 0 Å². The first kappa shape index (κ1) is 28.2. The molecule has 0 radical (unpaired) electrons. The second-order valence-electron chi connectivity index (χ2n) is 11.9. The molecule has 0 N–H and O–H groups in total. The molecular formula is C29H57N2+. The van der Waals surface area contributed by atoms with Crippen molar-refractivity contribution in [2.24, 2.45) is 5.41 Å². The summed E-state index contributed by atoms with van der Waals surface area (Å²) in [6.07, 6.45) is 31.0. The Hall–Kier alpha value is -0.790. The molecule has 2 heteroatoms. The molecule has 0 amide bonds. The van der Waals surface area contributed by atoms with Crippen LogP contribution >= 0.6 is 0 Å². The van der Waals surface area contributed by atoms with Crippen LogP contribution in [0.15, 0.2) is 18.7 Å². The molecule has 0 aliphatic rings. The standard InChI is InChI=1S/C29H57N2/c1-7-8-9-10-11-12-13-14-15-16-17-18-19-20-21-22-23-30-24-25-31(27-30)29(5,6)26-28(2,3)4/h24-25,27H,7-23,26H2,1-6H3/q+1. The molecule has 0 spiro atoms. The Labute approximate surface area is 196 Å². The minimum atomic E-state index is 0.179. The van der Waals surface area contributed by atoms with Crippen LogP contribution in [0.5, 0.6) is 0 Å². The van der Waals surface area contributed by atoms with Crippen molar-refractivity contribution >= 4 is 0 Å². The van der Waals surface area contributed by atoms with Crippen LogP contribution in [0.1, 0.15) is 151 Å². The summed E-state index contributed by atoms with van der Waals surface area (Å²) in [6.45, 7) is 15.2. The first-order chi connectivity index (χ1) is 14.7. The molecule has 31 heavy (non-hydrogen) atoms. The summed E-state index contributed by atoms with van der Waals surface area (Å²) in [4.78, 5) is 0. The van der Waals surface area contributed by atoms with Crippen LogP contribution in [0, 0.1) is 5.41 Å². The predicted molar refractivity (Wildman–Crippen MR) is 138 cm³/mol. The van der Waals surface area contributed by atoms with Crippen LogP contribution in [-0.2, 0) is 12.1 Å². The third kappa shape index (κ3) is 14.8. The van der Waals surface area contributed by atoms with E-state index in [9.17, 15) is 0 Å². The molecule has 2 nitrogen and oxygen atoms in total. The third-order valence-electron chi connectivity index (χ3n) is 6.62. The number of hydrogen-bond donors (Lipinski definition) is 0. The lowest BCUT2D eigenvalue weighted by atomic mass is 9.82. The van der Waals surface area contributed by atoms with Gasteiger partial charge in [-0.25, -0.2) is 9.13 Å². The monoisotopic (exact) mass is 433 g/mol. The number of hydrogen-bond acceptors (Lipinski definition) is 0. The van der Waals surface area contributed by atoms with Gasteiger partial charge in [0.1, 0.15) is 17.9 Å². The smallest absolute Gasteiger partial charge is 0.237 e. The van der Waals surface area contributed by atoms with Crippen LogP contribution in [-0.4, -0.2) is 4.57 Å². The fourth-order valence-corrected chi connectivity index (χ4v) is 5.12. The molecule has 0 aliphatic carbocycles. The van der Waals surface area contributed by atoms with Crippen LogP contribution in [0.25, 0.3) is 0 Å². The van der Waals surface area contributed by atoms with E-state index in [0.717, 1.165) is 6.54 Å². The summed E-state index contributed by atoms with van der Waals surface area (Å²) in [5.74, 6) is 0. The largest absolute Gasteiger partial charge is 0.244 e. The first-order valence-electron chi connectivity index (χ1n) is 13.8. The molecule has 1 rings (SSSR count). The zero-order valence-electron chi connectivity index (χ0n) is 22.4. The average molecular weight is 434 g/mol. The van der Waals surface area contributed by atoms with E-state index in [1.807, 2.05) is 0 Å². The van der Waals surface area contributed by atoms with E-state index < -0.39 is 0 Å². The van der Waals surface area contributed by atoms with Crippen LogP contribution < -0.4 is 4.57 Å². The third-order valence-corrected chi connectivity index (χ3v) is 6.62. The maximum absolute atomic E-state index is 2.41. The molecule has 0 fully saturated rings. The van der Waals surface area contributed by atoms with Crippen molar-refractivity contribution in [3.63, 3.8) is 0 Å². The van der Waals surface area contributed by atoms with E-state index in [1.165, 1.54) is 109 Å². The Kier molecular flexibility index (Phi) is 14.5. The Morgan fingerprint density at radius 1 is 0.613 bits per heavy atom. The van der Waals surface area contributed by atoms with Gasteiger partial charge in [-0.1, -0.05) is 118 Å². The van der Waals surface area contributed by atoms with Crippen molar-refractivity contribution in [2.45, 2.75) is 163 Å². The Morgan fingerprint density at radius 2 is 1.03 bits per heavy atom. The number of aryl methyl sites for hydroxylation is 1. The highest BCUT2D eigenvalue weighted by atomic mass is 15.1. The molecule has 1 aromatic heterocycles. The van der Waals surface area contributed by atoms with Gasteiger partial charge in [0.05, 0.1) is 6.54 Å². The average Bonchev–Trinajstić information content (AvgIpc) is 3.16. The molecular weight excluding hydrogens is 376 g/mol. The van der Waals surface area contributed by atoms with Crippen molar-refractivity contribution in [3.05, 3.63) is 18.7 Å². The molecule has 0 atom stereocenters. The quantitative estimate of drug-likeness (QED) is 0.152. The van der Waals surface area contributed by atoms with Gasteiger partial charge in [-0.2, -0.15) is 0 Å². The van der Waals surface area contributed by atoms with Crippen LogP contribution in [0.4, 0.5) is 0 Å². The lowest BCUT2D eigenvalue weighted by Crippen LogP contribution is -2.52. The van der Waals surface area contributed by atoms with E-state index in [4.69, 9.17) is 0 Å². The van der Waals surface area contributed by atoms with Gasteiger partial charge in [-0.05, 0) is 38.5 Å². The highest BCUT2D eigenvalue weighted by molar-refractivity contribution is 4.75. The predicted octanol–water partition coefficient (Wildman–Crippen LogP) is 9.21. The van der Waals surface area contributed by atoms with Crippen molar-refractivity contribution in [1.82, 2.24) is 4.57 Å². The topological polar surface area (TPSA) is 8.81 Å². The number of nitrogens with zero attached hydrogens (tertiary/aromatic N) is 2. The van der Waals surface area contributed by atoms with E-state index >= 15 is 0 Å². The maximum atomic E-state index is 2.41. The summed E-state index contributed by atoms with van der Waals surface area (Å²) in [7, 11) is 0. The first-order valence-corrected chi connectivity index (χ1v) is 13.8. The second kappa shape index (κ2) is 15.9. The Bertz CT molecular complexity index is 535. The fourth-order valence-electron chi connectivity index (χ4n) is 5.12. The van der Waals surface area contributed by atoms with Gasteiger partial charge in [0.25, 0.3) is 0 Å². The molecule has 182 valence electrons. The number of unbranched alkanes of at least 4 members (excludes halogenated alkanes) is 15. The van der Waals surface area contributed by atoms with Gasteiger partial charge < -0.3 is 0 Å². The minimum Gasteiger partial charge on any atom is -0.237 e. The van der Waals surface area contributed by atoms with E-state index in [0.29, 0.717) is 5.41 Å². The van der Waals surface area contributed by atoms with Crippen LogP contribution in [0.2, 0.25) is 0 Å². The van der Waals surface area contributed by atoms with Gasteiger partial charge >= 0.3 is 0 Å². The molecule has 0 bridgehead atoms. The van der Waals surface area contributed by atoms with Crippen molar-refractivity contribution in [2.75, 3.05) is 0 Å². The van der Waals surface area contributed by atoms with E-state index in [1.54, 1.807) is 0 Å². The van der Waals surface area contributed by atoms with E-state index in [-0.39, 0.29) is 5.54 Å². The summed E-state index contributed by atoms with van der Waals surface area (Å²) in [6, 6.07) is 0. The molecule has 0 aromatic carbocycles. The molecule has 0 saturated heterocycles. The highest BCUT2D eigenvalue weighted by Gasteiger charge is 2.31. The second-order valence-corrected chi connectivity index (χ2v) is 11.9. The summed E-state index contributed by atoms with van der Waals surface area (Å²) in [5.41, 5.74) is 0.532. The van der Waals surface area contributed by atoms with Gasteiger partial charge in [-0.3, -0.25) is 0 Å². The summed E-state index contributed by atoms with van der Waals surface area (Å²) in [5, 5.41) is 0. The van der Waals surface area contributed by atoms with Gasteiger partial charge in [0, 0.05) is 0 Å². The number of imidazole rings is 1. The zero-order chi connectivity index (χ0) is 23.0. The lowest BCUT2D eigenvalue weighted by Gasteiger charge is -2.29. The zero-order valence-corrected chi connectivity index (χ0v) is 22.4. The maximum Gasteiger partial charge on any atom is 0.244 e. The molecule has 0 unspecified atom stereocenters.